The van der Waals surface area contributed by atoms with Crippen LogP contribution in [0.25, 0.3) is 22.2 Å². The van der Waals surface area contributed by atoms with Crippen molar-refractivity contribution in [2.24, 2.45) is 0 Å². The number of nitrogens with zero attached hydrogens (tertiary/aromatic N) is 3. The van der Waals surface area contributed by atoms with Crippen molar-refractivity contribution >= 4 is 16.9 Å². The molecule has 1 amide bonds. The second-order valence-corrected chi connectivity index (χ2v) is 6.23. The highest BCUT2D eigenvalue weighted by Gasteiger charge is 2.15. The van der Waals surface area contributed by atoms with Gasteiger partial charge in [-0.25, -0.2) is 9.67 Å². The van der Waals surface area contributed by atoms with Gasteiger partial charge in [-0.15, -0.1) is 0 Å². The molecule has 0 aliphatic carbocycles. The number of aryl methyl sites for hydroxylation is 1. The molecular weight excluding hydrogens is 328 g/mol. The Morgan fingerprint density at radius 3 is 2.69 bits per heavy atom. The normalized spacial score (nSPS) is 10.9. The van der Waals surface area contributed by atoms with Crippen LogP contribution in [0.5, 0.6) is 5.75 Å². The van der Waals surface area contributed by atoms with E-state index in [-0.39, 0.29) is 12.5 Å². The molecule has 0 bridgehead atoms. The van der Waals surface area contributed by atoms with Gasteiger partial charge in [0.05, 0.1) is 12.8 Å². The zero-order chi connectivity index (χ0) is 18.5. The number of hydrogen-bond donors (Lipinski definition) is 1. The van der Waals surface area contributed by atoms with Gasteiger partial charge in [-0.05, 0) is 42.7 Å². The lowest BCUT2D eigenvalue weighted by Gasteiger charge is -2.07. The summed E-state index contributed by atoms with van der Waals surface area (Å²) >= 11 is 0. The minimum Gasteiger partial charge on any atom is -0.497 e. The third-order valence-corrected chi connectivity index (χ3v) is 4.35. The standard InChI is InChI=1S/C20H24N4O2/c1-4-5-11-21-18(25)13-24-20-19(14(2)23-24)17(10-12-22-20)15-6-8-16(26-3)9-7-15/h6-10,12H,4-5,11,13H2,1-3H3,(H,21,25). The minimum absolute atomic E-state index is 0.0421. The summed E-state index contributed by atoms with van der Waals surface area (Å²) in [5.74, 6) is 0.773. The van der Waals surface area contributed by atoms with E-state index in [1.165, 1.54) is 0 Å². The van der Waals surface area contributed by atoms with Crippen LogP contribution in [0.15, 0.2) is 36.5 Å². The second-order valence-electron chi connectivity index (χ2n) is 6.23. The second kappa shape index (κ2) is 7.99. The molecule has 0 atom stereocenters. The van der Waals surface area contributed by atoms with Crippen LogP contribution in [0.4, 0.5) is 0 Å². The molecule has 0 unspecified atom stereocenters. The summed E-state index contributed by atoms with van der Waals surface area (Å²) in [4.78, 5) is 16.6. The van der Waals surface area contributed by atoms with E-state index in [1.807, 2.05) is 37.3 Å². The number of fused-ring (bicyclic) bond motifs is 1. The number of hydrogen-bond acceptors (Lipinski definition) is 4. The first-order valence-corrected chi connectivity index (χ1v) is 8.87. The average Bonchev–Trinajstić information content (AvgIpc) is 2.98. The van der Waals surface area contributed by atoms with Crippen molar-refractivity contribution in [2.45, 2.75) is 33.2 Å². The Labute approximate surface area is 153 Å². The van der Waals surface area contributed by atoms with E-state index in [0.717, 1.165) is 46.4 Å². The summed E-state index contributed by atoms with van der Waals surface area (Å²) in [7, 11) is 1.65. The number of rotatable bonds is 7. The fraction of sp³-hybridized carbons (Fsp3) is 0.350. The lowest BCUT2D eigenvalue weighted by molar-refractivity contribution is -0.121. The van der Waals surface area contributed by atoms with Gasteiger partial charge < -0.3 is 10.1 Å². The van der Waals surface area contributed by atoms with Crippen LogP contribution in [-0.2, 0) is 11.3 Å². The third-order valence-electron chi connectivity index (χ3n) is 4.35. The third kappa shape index (κ3) is 3.69. The van der Waals surface area contributed by atoms with Gasteiger partial charge in [-0.1, -0.05) is 25.5 Å². The zero-order valence-corrected chi connectivity index (χ0v) is 15.5. The van der Waals surface area contributed by atoms with Crippen molar-refractivity contribution in [2.75, 3.05) is 13.7 Å². The fourth-order valence-corrected chi connectivity index (χ4v) is 3.00. The molecule has 1 N–H and O–H groups in total. The number of benzene rings is 1. The van der Waals surface area contributed by atoms with Gasteiger partial charge in [0.15, 0.2) is 5.65 Å². The number of amides is 1. The van der Waals surface area contributed by atoms with Crippen LogP contribution in [0.2, 0.25) is 0 Å². The number of carbonyl (C=O) groups excluding carboxylic acids is 1. The molecule has 26 heavy (non-hydrogen) atoms. The maximum atomic E-state index is 12.2. The Bertz CT molecular complexity index is 900. The Hall–Kier alpha value is -2.89. The van der Waals surface area contributed by atoms with Crippen LogP contribution >= 0.6 is 0 Å². The largest absolute Gasteiger partial charge is 0.497 e. The molecule has 1 aromatic carbocycles. The molecule has 0 aliphatic heterocycles. The SMILES string of the molecule is CCCCNC(=O)Cn1nc(C)c2c(-c3ccc(OC)cc3)ccnc21. The van der Waals surface area contributed by atoms with Crippen molar-refractivity contribution < 1.29 is 9.53 Å². The van der Waals surface area contributed by atoms with E-state index in [4.69, 9.17) is 4.74 Å². The van der Waals surface area contributed by atoms with E-state index >= 15 is 0 Å². The summed E-state index contributed by atoms with van der Waals surface area (Å²) in [5.41, 5.74) is 3.70. The van der Waals surface area contributed by atoms with E-state index in [9.17, 15) is 4.79 Å². The first-order chi connectivity index (χ1) is 12.6. The number of ether oxygens (including phenoxy) is 1. The summed E-state index contributed by atoms with van der Waals surface area (Å²) < 4.78 is 6.91. The fourth-order valence-electron chi connectivity index (χ4n) is 3.00. The summed E-state index contributed by atoms with van der Waals surface area (Å²) in [6.07, 6.45) is 3.79. The van der Waals surface area contributed by atoms with Crippen LogP contribution < -0.4 is 10.1 Å². The highest BCUT2D eigenvalue weighted by molar-refractivity contribution is 5.95. The van der Waals surface area contributed by atoms with Crippen molar-refractivity contribution in [1.29, 1.82) is 0 Å². The number of unbranched alkanes of at least 4 members (excludes halogenated alkanes) is 1. The van der Waals surface area contributed by atoms with Crippen molar-refractivity contribution in [3.8, 4) is 16.9 Å². The monoisotopic (exact) mass is 352 g/mol. The smallest absolute Gasteiger partial charge is 0.241 e. The lowest BCUT2D eigenvalue weighted by Crippen LogP contribution is -2.28. The number of methoxy groups -OCH3 is 1. The molecule has 136 valence electrons. The number of nitrogens with one attached hydrogen (secondary N) is 1. The molecule has 0 saturated heterocycles. The summed E-state index contributed by atoms with van der Waals surface area (Å²) in [5, 5.41) is 8.44. The van der Waals surface area contributed by atoms with Gasteiger partial charge in [0.25, 0.3) is 0 Å². The highest BCUT2D eigenvalue weighted by atomic mass is 16.5. The number of pyridine rings is 1. The molecule has 2 aromatic heterocycles. The lowest BCUT2D eigenvalue weighted by atomic mass is 10.0. The Morgan fingerprint density at radius 1 is 1.23 bits per heavy atom. The number of carbonyl (C=O) groups is 1. The van der Waals surface area contributed by atoms with Crippen LogP contribution in [0.3, 0.4) is 0 Å². The molecule has 3 aromatic rings. The quantitative estimate of drug-likeness (QED) is 0.662. The molecule has 6 heteroatoms. The topological polar surface area (TPSA) is 69.0 Å². The minimum atomic E-state index is -0.0421. The Balaban J connectivity index is 1.93. The number of aromatic nitrogens is 3. The van der Waals surface area contributed by atoms with Crippen LogP contribution in [-0.4, -0.2) is 34.3 Å². The predicted octanol–water partition coefficient (Wildman–Crippen LogP) is 3.33. The van der Waals surface area contributed by atoms with E-state index in [0.29, 0.717) is 6.54 Å². The summed E-state index contributed by atoms with van der Waals surface area (Å²) in [6.45, 7) is 4.91. The molecular formula is C20H24N4O2. The van der Waals surface area contributed by atoms with Gasteiger partial charge in [0.2, 0.25) is 5.91 Å². The zero-order valence-electron chi connectivity index (χ0n) is 15.5. The highest BCUT2D eigenvalue weighted by Crippen LogP contribution is 2.30. The van der Waals surface area contributed by atoms with Gasteiger partial charge in [0.1, 0.15) is 12.3 Å². The van der Waals surface area contributed by atoms with Crippen molar-refractivity contribution in [3.05, 3.63) is 42.2 Å². The Morgan fingerprint density at radius 2 is 2.00 bits per heavy atom. The maximum Gasteiger partial charge on any atom is 0.241 e. The predicted molar refractivity (Wildman–Crippen MR) is 102 cm³/mol. The maximum absolute atomic E-state index is 12.2. The van der Waals surface area contributed by atoms with Crippen LogP contribution in [0.1, 0.15) is 25.5 Å². The van der Waals surface area contributed by atoms with Crippen molar-refractivity contribution in [3.63, 3.8) is 0 Å². The van der Waals surface area contributed by atoms with E-state index in [2.05, 4.69) is 22.3 Å². The molecule has 3 rings (SSSR count). The van der Waals surface area contributed by atoms with E-state index in [1.54, 1.807) is 18.0 Å². The molecule has 6 nitrogen and oxygen atoms in total. The van der Waals surface area contributed by atoms with Crippen LogP contribution in [0, 0.1) is 6.92 Å². The molecule has 0 radical (unpaired) electrons. The molecule has 0 aliphatic rings. The van der Waals surface area contributed by atoms with Gasteiger partial charge in [0, 0.05) is 18.1 Å². The summed E-state index contributed by atoms with van der Waals surface area (Å²) in [6, 6.07) is 9.87. The Kier molecular flexibility index (Phi) is 5.51. The molecule has 2 heterocycles. The molecule has 0 saturated carbocycles. The molecule has 0 fully saturated rings. The van der Waals surface area contributed by atoms with Gasteiger partial charge in [-0.2, -0.15) is 5.10 Å². The van der Waals surface area contributed by atoms with Gasteiger partial charge >= 0.3 is 0 Å². The van der Waals surface area contributed by atoms with Crippen molar-refractivity contribution in [1.82, 2.24) is 20.1 Å². The van der Waals surface area contributed by atoms with Gasteiger partial charge in [-0.3, -0.25) is 4.79 Å². The first-order valence-electron chi connectivity index (χ1n) is 8.87. The first kappa shape index (κ1) is 17.9. The average molecular weight is 352 g/mol. The molecule has 0 spiro atoms. The van der Waals surface area contributed by atoms with E-state index < -0.39 is 0 Å².